The highest BCUT2D eigenvalue weighted by Crippen LogP contribution is 2.22. The van der Waals surface area contributed by atoms with Crippen LogP contribution in [0.5, 0.6) is 0 Å². The average Bonchev–Trinajstić information content (AvgIpc) is 2.51. The molecule has 1 fully saturated rings. The lowest BCUT2D eigenvalue weighted by atomic mass is 10.1. The SMILES string of the molecule is O=C1NC(c2c(F)cncc2F)CO1. The van der Waals surface area contributed by atoms with Crippen molar-refractivity contribution in [1.29, 1.82) is 0 Å². The second kappa shape index (κ2) is 3.21. The van der Waals surface area contributed by atoms with Crippen molar-refractivity contribution in [3.63, 3.8) is 0 Å². The second-order valence-corrected chi connectivity index (χ2v) is 2.81. The number of aromatic nitrogens is 1. The maximum Gasteiger partial charge on any atom is 0.407 e. The number of halogens is 2. The molecule has 1 unspecified atom stereocenters. The van der Waals surface area contributed by atoms with E-state index in [0.717, 1.165) is 12.4 Å². The number of carbonyl (C=O) groups is 1. The zero-order valence-corrected chi connectivity index (χ0v) is 6.96. The molecule has 0 bridgehead atoms. The second-order valence-electron chi connectivity index (χ2n) is 2.81. The molecule has 0 aliphatic carbocycles. The maximum atomic E-state index is 13.1. The number of cyclic esters (lactones) is 1. The molecule has 1 aromatic heterocycles. The van der Waals surface area contributed by atoms with Gasteiger partial charge in [0, 0.05) is 0 Å². The Bertz CT molecular complexity index is 363. The van der Waals surface area contributed by atoms with E-state index < -0.39 is 23.8 Å². The fourth-order valence-electron chi connectivity index (χ4n) is 1.29. The van der Waals surface area contributed by atoms with Gasteiger partial charge in [-0.05, 0) is 0 Å². The normalized spacial score (nSPS) is 20.4. The Balaban J connectivity index is 2.36. The van der Waals surface area contributed by atoms with E-state index >= 15 is 0 Å². The van der Waals surface area contributed by atoms with Gasteiger partial charge in [0.2, 0.25) is 0 Å². The molecule has 0 radical (unpaired) electrons. The molecule has 4 nitrogen and oxygen atoms in total. The van der Waals surface area contributed by atoms with Crippen molar-refractivity contribution in [2.75, 3.05) is 6.61 Å². The lowest BCUT2D eigenvalue weighted by Crippen LogP contribution is -2.20. The molecule has 0 aromatic carbocycles. The van der Waals surface area contributed by atoms with Crippen LogP contribution in [-0.4, -0.2) is 17.7 Å². The minimum Gasteiger partial charge on any atom is -0.447 e. The minimum absolute atomic E-state index is 0.0727. The smallest absolute Gasteiger partial charge is 0.407 e. The van der Waals surface area contributed by atoms with Crippen molar-refractivity contribution in [2.45, 2.75) is 6.04 Å². The summed E-state index contributed by atoms with van der Waals surface area (Å²) in [5, 5.41) is 2.28. The van der Waals surface area contributed by atoms with Crippen molar-refractivity contribution in [2.24, 2.45) is 0 Å². The zero-order chi connectivity index (χ0) is 10.1. The van der Waals surface area contributed by atoms with E-state index in [1.165, 1.54) is 0 Å². The summed E-state index contributed by atoms with van der Waals surface area (Å²) in [5.41, 5.74) is -0.217. The van der Waals surface area contributed by atoms with Crippen LogP contribution >= 0.6 is 0 Å². The molecule has 74 valence electrons. The number of carbonyl (C=O) groups excluding carboxylic acids is 1. The Morgan fingerprint density at radius 2 is 2.07 bits per heavy atom. The highest BCUT2D eigenvalue weighted by molar-refractivity contribution is 5.70. The standard InChI is InChI=1S/C8H6F2N2O2/c9-4-1-11-2-5(10)7(4)6-3-14-8(13)12-6/h1-2,6H,3H2,(H,12,13). The molecule has 1 aliphatic heterocycles. The third-order valence-electron chi connectivity index (χ3n) is 1.91. The summed E-state index contributed by atoms with van der Waals surface area (Å²) >= 11 is 0. The predicted octanol–water partition coefficient (Wildman–Crippen LogP) is 1.14. The molecule has 0 saturated carbocycles. The molecule has 1 atom stereocenters. The summed E-state index contributed by atoms with van der Waals surface area (Å²) in [6.07, 6.45) is 1.11. The van der Waals surface area contributed by atoms with Gasteiger partial charge in [-0.3, -0.25) is 4.98 Å². The summed E-state index contributed by atoms with van der Waals surface area (Å²) in [7, 11) is 0. The van der Waals surface area contributed by atoms with E-state index in [-0.39, 0.29) is 12.2 Å². The maximum absolute atomic E-state index is 13.1. The van der Waals surface area contributed by atoms with E-state index in [9.17, 15) is 13.6 Å². The average molecular weight is 200 g/mol. The molecule has 14 heavy (non-hydrogen) atoms. The summed E-state index contributed by atoms with van der Waals surface area (Å²) in [5.74, 6) is -1.58. The number of nitrogens with zero attached hydrogens (tertiary/aromatic N) is 1. The molecule has 2 heterocycles. The first-order valence-electron chi connectivity index (χ1n) is 3.90. The van der Waals surface area contributed by atoms with Crippen LogP contribution < -0.4 is 5.32 Å². The van der Waals surface area contributed by atoms with Crippen molar-refractivity contribution in [3.05, 3.63) is 29.6 Å². The van der Waals surface area contributed by atoms with Crippen molar-refractivity contribution in [3.8, 4) is 0 Å². The molecule has 1 aliphatic rings. The number of alkyl carbamates (subject to hydrolysis) is 1. The van der Waals surface area contributed by atoms with Gasteiger partial charge in [0.1, 0.15) is 18.2 Å². The van der Waals surface area contributed by atoms with Crippen LogP contribution in [-0.2, 0) is 4.74 Å². The largest absolute Gasteiger partial charge is 0.447 e. The number of pyridine rings is 1. The molecule has 1 amide bonds. The molecular formula is C8H6F2N2O2. The Morgan fingerprint density at radius 3 is 2.57 bits per heavy atom. The van der Waals surface area contributed by atoms with Gasteiger partial charge < -0.3 is 10.1 Å². The van der Waals surface area contributed by atoms with Gasteiger partial charge in [0.15, 0.2) is 0 Å². The molecule has 2 rings (SSSR count). The number of nitrogens with one attached hydrogen (secondary N) is 1. The van der Waals surface area contributed by atoms with E-state index in [4.69, 9.17) is 0 Å². The van der Waals surface area contributed by atoms with Crippen LogP contribution in [0, 0.1) is 11.6 Å². The van der Waals surface area contributed by atoms with Gasteiger partial charge in [0.25, 0.3) is 0 Å². The summed E-state index contributed by atoms with van der Waals surface area (Å²) < 4.78 is 30.8. The van der Waals surface area contributed by atoms with E-state index in [2.05, 4.69) is 15.0 Å². The van der Waals surface area contributed by atoms with Crippen LogP contribution in [0.25, 0.3) is 0 Å². The Hall–Kier alpha value is -1.72. The van der Waals surface area contributed by atoms with Gasteiger partial charge in [-0.15, -0.1) is 0 Å². The van der Waals surface area contributed by atoms with Crippen LogP contribution in [0.15, 0.2) is 12.4 Å². The molecule has 1 aromatic rings. The topological polar surface area (TPSA) is 51.2 Å². The monoisotopic (exact) mass is 200 g/mol. The third kappa shape index (κ3) is 1.39. The predicted molar refractivity (Wildman–Crippen MR) is 41.4 cm³/mol. The minimum atomic E-state index is -0.791. The fraction of sp³-hybridized carbons (Fsp3) is 0.250. The molecule has 1 N–H and O–H groups in total. The van der Waals surface area contributed by atoms with Gasteiger partial charge in [-0.1, -0.05) is 0 Å². The first-order valence-corrected chi connectivity index (χ1v) is 3.90. The molecule has 1 saturated heterocycles. The van der Waals surface area contributed by atoms with Gasteiger partial charge in [-0.2, -0.15) is 0 Å². The Labute approximate surface area is 77.9 Å². The number of hydrogen-bond donors (Lipinski definition) is 1. The van der Waals surface area contributed by atoms with Crippen LogP contribution in [0.1, 0.15) is 11.6 Å². The highest BCUT2D eigenvalue weighted by atomic mass is 19.1. The number of amides is 1. The lowest BCUT2D eigenvalue weighted by Gasteiger charge is -2.08. The lowest BCUT2D eigenvalue weighted by molar-refractivity contribution is 0.176. The first kappa shape index (κ1) is 8.86. The van der Waals surface area contributed by atoms with Gasteiger partial charge >= 0.3 is 6.09 Å². The third-order valence-corrected chi connectivity index (χ3v) is 1.91. The summed E-state index contributed by atoms with van der Waals surface area (Å²) in [4.78, 5) is 14.0. The van der Waals surface area contributed by atoms with Crippen molar-refractivity contribution in [1.82, 2.24) is 10.3 Å². The number of rotatable bonds is 1. The van der Waals surface area contributed by atoms with Gasteiger partial charge in [0.05, 0.1) is 24.0 Å². The van der Waals surface area contributed by atoms with Crippen LogP contribution in [0.4, 0.5) is 13.6 Å². The zero-order valence-electron chi connectivity index (χ0n) is 6.96. The highest BCUT2D eigenvalue weighted by Gasteiger charge is 2.28. The van der Waals surface area contributed by atoms with Gasteiger partial charge in [-0.25, -0.2) is 13.6 Å². The molecular weight excluding hydrogens is 194 g/mol. The Morgan fingerprint density at radius 1 is 1.43 bits per heavy atom. The van der Waals surface area contributed by atoms with E-state index in [1.807, 2.05) is 0 Å². The van der Waals surface area contributed by atoms with E-state index in [1.54, 1.807) is 0 Å². The van der Waals surface area contributed by atoms with E-state index in [0.29, 0.717) is 0 Å². The fourth-order valence-corrected chi connectivity index (χ4v) is 1.29. The summed E-state index contributed by atoms with van der Waals surface area (Å²) in [6.45, 7) is -0.0727. The van der Waals surface area contributed by atoms with Crippen LogP contribution in [0.2, 0.25) is 0 Å². The first-order chi connectivity index (χ1) is 6.68. The summed E-state index contributed by atoms with van der Waals surface area (Å²) in [6, 6.07) is -0.773. The molecule has 0 spiro atoms. The van der Waals surface area contributed by atoms with Crippen molar-refractivity contribution >= 4 is 6.09 Å². The van der Waals surface area contributed by atoms with Crippen molar-refractivity contribution < 1.29 is 18.3 Å². The quantitative estimate of drug-likeness (QED) is 0.739. The molecule has 6 heteroatoms. The van der Waals surface area contributed by atoms with Crippen LogP contribution in [0.3, 0.4) is 0 Å². The number of hydrogen-bond acceptors (Lipinski definition) is 3. The Kier molecular flexibility index (Phi) is 2.03. The number of ether oxygens (including phenoxy) is 1.